The van der Waals surface area contributed by atoms with Crippen molar-refractivity contribution in [1.82, 2.24) is 0 Å². The Bertz CT molecular complexity index is 456. The van der Waals surface area contributed by atoms with Crippen LogP contribution in [-0.4, -0.2) is 13.1 Å². The number of anilines is 1. The van der Waals surface area contributed by atoms with Gasteiger partial charge in [0.15, 0.2) is 0 Å². The average Bonchev–Trinajstić information content (AvgIpc) is 2.38. The minimum Gasteiger partial charge on any atom is -0.372 e. The van der Waals surface area contributed by atoms with E-state index in [1.54, 1.807) is 0 Å². The lowest BCUT2D eigenvalue weighted by Crippen LogP contribution is -2.34. The van der Waals surface area contributed by atoms with Gasteiger partial charge >= 0.3 is 0 Å². The van der Waals surface area contributed by atoms with Crippen LogP contribution in [-0.2, 0) is 0 Å². The highest BCUT2D eigenvalue weighted by Crippen LogP contribution is 2.31. The summed E-state index contributed by atoms with van der Waals surface area (Å²) >= 11 is 3.46. The van der Waals surface area contributed by atoms with Crippen LogP contribution >= 0.6 is 15.9 Å². The average molecular weight is 307 g/mol. The summed E-state index contributed by atoms with van der Waals surface area (Å²) in [6.07, 6.45) is 5.20. The molecule has 0 unspecified atom stereocenters. The van der Waals surface area contributed by atoms with Crippen molar-refractivity contribution in [2.45, 2.75) is 38.6 Å². The summed E-state index contributed by atoms with van der Waals surface area (Å²) < 4.78 is 0.888. The molecule has 96 valence electrons. The molecule has 1 aliphatic carbocycles. The van der Waals surface area contributed by atoms with Gasteiger partial charge in [0.1, 0.15) is 6.07 Å². The molecule has 0 spiro atoms. The maximum atomic E-state index is 8.93. The van der Waals surface area contributed by atoms with Crippen LogP contribution < -0.4 is 4.90 Å². The Kier molecular flexibility index (Phi) is 4.29. The van der Waals surface area contributed by atoms with Crippen molar-refractivity contribution >= 4 is 21.6 Å². The van der Waals surface area contributed by atoms with Crippen molar-refractivity contribution in [2.75, 3.05) is 11.9 Å². The van der Waals surface area contributed by atoms with Crippen molar-refractivity contribution in [1.29, 1.82) is 5.26 Å². The molecular weight excluding hydrogens is 288 g/mol. The number of hydrogen-bond donors (Lipinski definition) is 0. The number of halogens is 1. The molecule has 1 aliphatic rings. The van der Waals surface area contributed by atoms with E-state index in [2.05, 4.69) is 46.9 Å². The Balaban J connectivity index is 2.11. The van der Waals surface area contributed by atoms with Crippen molar-refractivity contribution in [3.05, 3.63) is 28.2 Å². The summed E-state index contributed by atoms with van der Waals surface area (Å²) in [4.78, 5) is 2.36. The highest BCUT2D eigenvalue weighted by atomic mass is 79.9. The second-order valence-corrected chi connectivity index (χ2v) is 6.15. The van der Waals surface area contributed by atoms with Crippen LogP contribution in [0.15, 0.2) is 22.7 Å². The molecule has 0 atom stereocenters. The molecule has 1 saturated carbocycles. The van der Waals surface area contributed by atoms with Crippen molar-refractivity contribution in [3.63, 3.8) is 0 Å². The molecule has 0 saturated heterocycles. The van der Waals surface area contributed by atoms with Gasteiger partial charge in [0.25, 0.3) is 0 Å². The predicted molar refractivity (Wildman–Crippen MR) is 78.7 cm³/mol. The Morgan fingerprint density at radius 1 is 1.28 bits per heavy atom. The van der Waals surface area contributed by atoms with Gasteiger partial charge in [-0.1, -0.05) is 6.92 Å². The summed E-state index contributed by atoms with van der Waals surface area (Å²) in [5.74, 6) is 0.877. The SMILES string of the molecule is CC1CCC(N(C)c2ccc(C#N)c(Br)c2)CC1. The van der Waals surface area contributed by atoms with E-state index in [4.69, 9.17) is 5.26 Å². The molecule has 0 aliphatic heterocycles. The van der Waals surface area contributed by atoms with Crippen LogP contribution in [0.3, 0.4) is 0 Å². The van der Waals surface area contributed by atoms with Gasteiger partial charge in [-0.15, -0.1) is 0 Å². The summed E-state index contributed by atoms with van der Waals surface area (Å²) in [7, 11) is 2.16. The van der Waals surface area contributed by atoms with Gasteiger partial charge in [0, 0.05) is 23.2 Å². The normalized spacial score (nSPS) is 23.4. The van der Waals surface area contributed by atoms with Gasteiger partial charge in [0.05, 0.1) is 5.56 Å². The third kappa shape index (κ3) is 2.87. The lowest BCUT2D eigenvalue weighted by Gasteiger charge is -2.35. The van der Waals surface area contributed by atoms with E-state index in [0.717, 1.165) is 10.4 Å². The van der Waals surface area contributed by atoms with E-state index >= 15 is 0 Å². The molecule has 0 aromatic heterocycles. The molecule has 0 amide bonds. The molecule has 18 heavy (non-hydrogen) atoms. The third-order valence-corrected chi connectivity index (χ3v) is 4.67. The first-order chi connectivity index (χ1) is 8.61. The van der Waals surface area contributed by atoms with E-state index < -0.39 is 0 Å². The first-order valence-electron chi connectivity index (χ1n) is 6.54. The summed E-state index contributed by atoms with van der Waals surface area (Å²) in [5, 5.41) is 8.93. The molecule has 0 heterocycles. The molecule has 2 nitrogen and oxygen atoms in total. The fourth-order valence-corrected chi connectivity index (χ4v) is 3.11. The lowest BCUT2D eigenvalue weighted by atomic mass is 9.86. The molecule has 1 fully saturated rings. The summed E-state index contributed by atoms with van der Waals surface area (Å²) in [6, 6.07) is 8.81. The van der Waals surface area contributed by atoms with Crippen LogP contribution in [0.2, 0.25) is 0 Å². The van der Waals surface area contributed by atoms with Crippen molar-refractivity contribution < 1.29 is 0 Å². The fourth-order valence-electron chi connectivity index (χ4n) is 2.65. The van der Waals surface area contributed by atoms with Gasteiger partial charge in [-0.2, -0.15) is 5.26 Å². The number of hydrogen-bond acceptors (Lipinski definition) is 2. The zero-order valence-electron chi connectivity index (χ0n) is 11.0. The van der Waals surface area contributed by atoms with Gasteiger partial charge in [-0.25, -0.2) is 0 Å². The summed E-state index contributed by atoms with van der Waals surface area (Å²) in [6.45, 7) is 2.34. The molecule has 0 N–H and O–H groups in total. The second-order valence-electron chi connectivity index (χ2n) is 5.30. The van der Waals surface area contributed by atoms with Crippen LogP contribution in [0.25, 0.3) is 0 Å². The van der Waals surface area contributed by atoms with Crippen molar-refractivity contribution in [3.8, 4) is 6.07 Å². The Morgan fingerprint density at radius 3 is 2.50 bits per heavy atom. The highest BCUT2D eigenvalue weighted by Gasteiger charge is 2.22. The van der Waals surface area contributed by atoms with Crippen molar-refractivity contribution in [2.24, 2.45) is 5.92 Å². The zero-order chi connectivity index (χ0) is 13.1. The Hall–Kier alpha value is -1.01. The topological polar surface area (TPSA) is 27.0 Å². The molecule has 0 radical (unpaired) electrons. The highest BCUT2D eigenvalue weighted by molar-refractivity contribution is 9.10. The van der Waals surface area contributed by atoms with Crippen LogP contribution in [0.1, 0.15) is 38.2 Å². The number of nitrogens with zero attached hydrogens (tertiary/aromatic N) is 2. The predicted octanol–water partition coefficient (Wildman–Crippen LogP) is 4.34. The monoisotopic (exact) mass is 306 g/mol. The third-order valence-electron chi connectivity index (χ3n) is 4.01. The smallest absolute Gasteiger partial charge is 0.100 e. The van der Waals surface area contributed by atoms with Crippen LogP contribution in [0.4, 0.5) is 5.69 Å². The van der Waals surface area contributed by atoms with Gasteiger partial charge in [-0.3, -0.25) is 0 Å². The number of benzene rings is 1. The molecule has 1 aromatic rings. The zero-order valence-corrected chi connectivity index (χ0v) is 12.6. The molecule has 0 bridgehead atoms. The van der Waals surface area contributed by atoms with E-state index in [9.17, 15) is 0 Å². The Labute approximate surface area is 118 Å². The van der Waals surface area contributed by atoms with Crippen LogP contribution in [0, 0.1) is 17.2 Å². The first kappa shape index (κ1) is 13.4. The van der Waals surface area contributed by atoms with E-state index in [0.29, 0.717) is 11.6 Å². The van der Waals surface area contributed by atoms with E-state index in [1.165, 1.54) is 31.4 Å². The first-order valence-corrected chi connectivity index (χ1v) is 7.33. The maximum Gasteiger partial charge on any atom is 0.100 e. The fraction of sp³-hybridized carbons (Fsp3) is 0.533. The number of nitriles is 1. The molecular formula is C15H19BrN2. The molecule has 3 heteroatoms. The summed E-state index contributed by atoms with van der Waals surface area (Å²) in [5.41, 5.74) is 1.89. The van der Waals surface area contributed by atoms with Crippen LogP contribution in [0.5, 0.6) is 0 Å². The van der Waals surface area contributed by atoms with Gasteiger partial charge < -0.3 is 4.90 Å². The molecule has 2 rings (SSSR count). The minimum absolute atomic E-state index is 0.640. The standard InChI is InChI=1S/C15H19BrN2/c1-11-3-6-13(7-4-11)18(2)14-8-5-12(10-17)15(16)9-14/h5,8-9,11,13H,3-4,6-7H2,1-2H3. The molecule has 1 aromatic carbocycles. The Morgan fingerprint density at radius 2 is 1.94 bits per heavy atom. The largest absolute Gasteiger partial charge is 0.372 e. The maximum absolute atomic E-state index is 8.93. The second kappa shape index (κ2) is 5.75. The van der Waals surface area contributed by atoms with Gasteiger partial charge in [-0.05, 0) is 65.7 Å². The van der Waals surface area contributed by atoms with Gasteiger partial charge in [0.2, 0.25) is 0 Å². The van der Waals surface area contributed by atoms with E-state index in [1.807, 2.05) is 12.1 Å². The quantitative estimate of drug-likeness (QED) is 0.813. The minimum atomic E-state index is 0.640. The number of rotatable bonds is 2. The van der Waals surface area contributed by atoms with E-state index in [-0.39, 0.29) is 0 Å². The lowest BCUT2D eigenvalue weighted by molar-refractivity contribution is 0.341.